The zero-order chi connectivity index (χ0) is 22.7. The molecule has 6 heteroatoms. The van der Waals surface area contributed by atoms with Gasteiger partial charge in [0.1, 0.15) is 17.1 Å². The lowest BCUT2D eigenvalue weighted by atomic mass is 10.0. The second-order valence-electron chi connectivity index (χ2n) is 7.13. The third-order valence-corrected chi connectivity index (χ3v) is 5.14. The third-order valence-electron chi connectivity index (χ3n) is 5.14. The van der Waals surface area contributed by atoms with Crippen LogP contribution in [0.3, 0.4) is 0 Å². The molecule has 1 heterocycles. The molecule has 6 nitrogen and oxygen atoms in total. The van der Waals surface area contributed by atoms with Gasteiger partial charge < -0.3 is 13.9 Å². The van der Waals surface area contributed by atoms with Gasteiger partial charge in [-0.05, 0) is 31.2 Å². The molecule has 0 saturated heterocycles. The number of hydrogen-bond acceptors (Lipinski definition) is 6. The summed E-state index contributed by atoms with van der Waals surface area (Å²) >= 11 is 0. The number of para-hydroxylation sites is 2. The highest BCUT2D eigenvalue weighted by Crippen LogP contribution is 2.27. The normalized spacial score (nSPS) is 10.7. The van der Waals surface area contributed by atoms with Crippen molar-refractivity contribution in [2.45, 2.75) is 6.92 Å². The Kier molecular flexibility index (Phi) is 5.85. The number of rotatable bonds is 6. The Bertz CT molecular complexity index is 1370. The van der Waals surface area contributed by atoms with Gasteiger partial charge in [0.25, 0.3) is 0 Å². The number of hydrogen-bond donors (Lipinski definition) is 0. The van der Waals surface area contributed by atoms with Crippen LogP contribution in [0.2, 0.25) is 0 Å². The summed E-state index contributed by atoms with van der Waals surface area (Å²) in [5.41, 5.74) is 1.44. The van der Waals surface area contributed by atoms with Gasteiger partial charge in [-0.15, -0.1) is 0 Å². The molecule has 0 aliphatic heterocycles. The monoisotopic (exact) mass is 428 g/mol. The Morgan fingerprint density at radius 1 is 0.875 bits per heavy atom. The fourth-order valence-electron chi connectivity index (χ4n) is 3.50. The van der Waals surface area contributed by atoms with Gasteiger partial charge in [-0.1, -0.05) is 48.5 Å². The van der Waals surface area contributed by atoms with Gasteiger partial charge in [-0.25, -0.2) is 4.79 Å². The molecule has 1 aromatic heterocycles. The van der Waals surface area contributed by atoms with Gasteiger partial charge in [0.15, 0.2) is 17.6 Å². The number of carbonyl (C=O) groups excluding carboxylic acids is 2. The van der Waals surface area contributed by atoms with Crippen LogP contribution in [-0.2, 0) is 4.74 Å². The number of fused-ring (bicyclic) bond motifs is 1. The van der Waals surface area contributed by atoms with Gasteiger partial charge in [-0.3, -0.25) is 9.59 Å². The molecule has 0 aliphatic rings. The minimum absolute atomic E-state index is 0.0737. The number of ketones is 1. The van der Waals surface area contributed by atoms with Gasteiger partial charge >= 0.3 is 5.97 Å². The second kappa shape index (κ2) is 8.89. The maximum absolute atomic E-state index is 12.9. The molecule has 160 valence electrons. The zero-order valence-electron chi connectivity index (χ0n) is 17.6. The Morgan fingerprint density at radius 2 is 1.56 bits per heavy atom. The van der Waals surface area contributed by atoms with E-state index in [2.05, 4.69) is 0 Å². The van der Waals surface area contributed by atoms with Crippen molar-refractivity contribution in [2.75, 3.05) is 13.7 Å². The summed E-state index contributed by atoms with van der Waals surface area (Å²) in [6.07, 6.45) is 0. The van der Waals surface area contributed by atoms with E-state index < -0.39 is 18.4 Å². The smallest absolute Gasteiger partial charge is 0.342 e. The molecule has 0 fully saturated rings. The van der Waals surface area contributed by atoms with E-state index in [1.54, 1.807) is 43.3 Å². The molecule has 0 amide bonds. The van der Waals surface area contributed by atoms with Crippen LogP contribution in [0.1, 0.15) is 26.3 Å². The Labute approximate surface area is 184 Å². The van der Waals surface area contributed by atoms with Crippen molar-refractivity contribution >= 4 is 22.7 Å². The van der Waals surface area contributed by atoms with Crippen molar-refractivity contribution in [1.82, 2.24) is 0 Å². The Morgan fingerprint density at radius 3 is 2.31 bits per heavy atom. The molecule has 0 radical (unpaired) electrons. The minimum Gasteiger partial charge on any atom is -0.496 e. The summed E-state index contributed by atoms with van der Waals surface area (Å²) < 4.78 is 16.5. The number of esters is 1. The predicted molar refractivity (Wildman–Crippen MR) is 120 cm³/mol. The van der Waals surface area contributed by atoms with E-state index in [1.165, 1.54) is 13.2 Å². The molecule has 0 spiro atoms. The second-order valence-corrected chi connectivity index (χ2v) is 7.13. The Hall–Kier alpha value is -4.19. The molecule has 32 heavy (non-hydrogen) atoms. The zero-order valence-corrected chi connectivity index (χ0v) is 17.6. The quantitative estimate of drug-likeness (QED) is 0.324. The fourth-order valence-corrected chi connectivity index (χ4v) is 3.50. The molecule has 0 unspecified atom stereocenters. The summed E-state index contributed by atoms with van der Waals surface area (Å²) in [7, 11) is 1.46. The lowest BCUT2D eigenvalue weighted by Gasteiger charge is -2.11. The number of carbonyl (C=O) groups is 2. The van der Waals surface area contributed by atoms with E-state index in [1.807, 2.05) is 30.3 Å². The number of Topliss-reactive ketones (excluding diaryl/α,β-unsaturated/α-hetero) is 1. The highest BCUT2D eigenvalue weighted by Gasteiger charge is 2.21. The van der Waals surface area contributed by atoms with E-state index >= 15 is 0 Å². The maximum atomic E-state index is 12.9. The van der Waals surface area contributed by atoms with Crippen molar-refractivity contribution in [2.24, 2.45) is 0 Å². The van der Waals surface area contributed by atoms with Crippen molar-refractivity contribution in [3.8, 4) is 17.1 Å². The summed E-state index contributed by atoms with van der Waals surface area (Å²) in [6, 6.07) is 20.6. The molecular weight excluding hydrogens is 408 g/mol. The maximum Gasteiger partial charge on any atom is 0.342 e. The molecule has 4 aromatic rings. The van der Waals surface area contributed by atoms with E-state index in [-0.39, 0.29) is 22.0 Å². The molecule has 3 aromatic carbocycles. The average molecular weight is 428 g/mol. The average Bonchev–Trinajstić information content (AvgIpc) is 2.84. The number of benzene rings is 3. The fraction of sp³-hybridized carbons (Fsp3) is 0.115. The molecule has 0 bridgehead atoms. The van der Waals surface area contributed by atoms with Crippen molar-refractivity contribution in [1.29, 1.82) is 0 Å². The van der Waals surface area contributed by atoms with E-state index in [0.717, 1.165) is 5.56 Å². The van der Waals surface area contributed by atoms with Gasteiger partial charge in [0.2, 0.25) is 5.78 Å². The van der Waals surface area contributed by atoms with E-state index in [9.17, 15) is 14.4 Å². The van der Waals surface area contributed by atoms with Crippen molar-refractivity contribution in [3.05, 3.63) is 99.7 Å². The molecule has 0 aliphatic carbocycles. The molecule has 0 N–H and O–H groups in total. The standard InChI is InChI=1S/C26H20O6/c1-16-23(28)19-12-8-13-20(25(19)32-24(16)17-9-4-3-5-10-17)26(29)31-15-21(27)18-11-6-7-14-22(18)30-2/h3-14H,15H2,1-2H3. The number of methoxy groups -OCH3 is 1. The Balaban J connectivity index is 1.68. The van der Waals surface area contributed by atoms with Crippen LogP contribution in [0.15, 0.2) is 82.0 Å². The van der Waals surface area contributed by atoms with Crippen LogP contribution in [0.4, 0.5) is 0 Å². The third kappa shape index (κ3) is 3.90. The molecule has 0 saturated carbocycles. The SMILES string of the molecule is COc1ccccc1C(=O)COC(=O)c1cccc2c(=O)c(C)c(-c3ccccc3)oc12. The van der Waals surface area contributed by atoms with Crippen molar-refractivity contribution < 1.29 is 23.5 Å². The summed E-state index contributed by atoms with van der Waals surface area (Å²) in [5, 5.41) is 0.271. The number of ether oxygens (including phenoxy) is 2. The van der Waals surface area contributed by atoms with Crippen LogP contribution < -0.4 is 10.2 Å². The van der Waals surface area contributed by atoms with E-state index in [0.29, 0.717) is 22.6 Å². The first-order chi connectivity index (χ1) is 15.5. The summed E-state index contributed by atoms with van der Waals surface area (Å²) in [5.74, 6) is -0.385. The van der Waals surface area contributed by atoms with Gasteiger partial charge in [0, 0.05) is 11.1 Å². The highest BCUT2D eigenvalue weighted by atomic mass is 16.5. The lowest BCUT2D eigenvalue weighted by Crippen LogP contribution is -2.16. The largest absolute Gasteiger partial charge is 0.496 e. The first kappa shape index (κ1) is 21.1. The van der Waals surface area contributed by atoms with Crippen LogP contribution in [-0.4, -0.2) is 25.5 Å². The molecule has 4 rings (SSSR count). The topological polar surface area (TPSA) is 82.8 Å². The first-order valence-corrected chi connectivity index (χ1v) is 9.96. The van der Waals surface area contributed by atoms with Crippen molar-refractivity contribution in [3.63, 3.8) is 0 Å². The first-order valence-electron chi connectivity index (χ1n) is 9.96. The summed E-state index contributed by atoms with van der Waals surface area (Å²) in [4.78, 5) is 38.3. The van der Waals surface area contributed by atoms with Crippen LogP contribution in [0.25, 0.3) is 22.3 Å². The molecular formula is C26H20O6. The predicted octanol–water partition coefficient (Wildman–Crippen LogP) is 4.82. The van der Waals surface area contributed by atoms with Crippen LogP contribution >= 0.6 is 0 Å². The summed E-state index contributed by atoms with van der Waals surface area (Å²) in [6.45, 7) is 1.21. The van der Waals surface area contributed by atoms with Gasteiger partial charge in [-0.2, -0.15) is 0 Å². The van der Waals surface area contributed by atoms with Crippen LogP contribution in [0, 0.1) is 6.92 Å². The molecule has 0 atom stereocenters. The highest BCUT2D eigenvalue weighted by molar-refractivity contribution is 6.05. The van der Waals surface area contributed by atoms with E-state index in [4.69, 9.17) is 13.9 Å². The minimum atomic E-state index is -0.759. The van der Waals surface area contributed by atoms with Gasteiger partial charge in [0.05, 0.1) is 18.1 Å². The lowest BCUT2D eigenvalue weighted by molar-refractivity contribution is 0.0474. The van der Waals surface area contributed by atoms with Crippen LogP contribution in [0.5, 0.6) is 5.75 Å².